The fourth-order valence-electron chi connectivity index (χ4n) is 3.02. The Balaban J connectivity index is 2.01. The molecule has 0 N–H and O–H groups in total. The molecule has 1 heterocycles. The van der Waals surface area contributed by atoms with E-state index in [0.29, 0.717) is 5.69 Å². The molecule has 0 aromatic carbocycles. The number of hydrogen-bond donors (Lipinski definition) is 0. The Bertz CT molecular complexity index is 712. The van der Waals surface area contributed by atoms with Crippen LogP contribution in [-0.4, -0.2) is 11.0 Å². The van der Waals surface area contributed by atoms with E-state index >= 15 is 0 Å². The molecule has 0 aliphatic heterocycles. The molecule has 0 saturated heterocycles. The van der Waals surface area contributed by atoms with Gasteiger partial charge in [0.25, 0.3) is 0 Å². The zero-order valence-corrected chi connectivity index (χ0v) is 15.0. The second kappa shape index (κ2) is 7.97. The van der Waals surface area contributed by atoms with E-state index in [4.69, 9.17) is 4.74 Å². The fourth-order valence-corrected chi connectivity index (χ4v) is 3.02. The van der Waals surface area contributed by atoms with Crippen molar-refractivity contribution in [3.63, 3.8) is 0 Å². The van der Waals surface area contributed by atoms with E-state index in [1.165, 1.54) is 37.3 Å². The number of allylic oxidation sites excluding steroid dienone is 4. The number of ether oxygens (including phenoxy) is 1. The van der Waals surface area contributed by atoms with E-state index in [1.807, 2.05) is 18.2 Å². The first kappa shape index (κ1) is 18.0. The average molecular weight is 323 g/mol. The van der Waals surface area contributed by atoms with Gasteiger partial charge in [-0.15, -0.1) is 0 Å². The molecular weight excluding hydrogens is 298 g/mol. The molecule has 3 nitrogen and oxygen atoms in total. The molecule has 0 spiro atoms. The predicted octanol–water partition coefficient (Wildman–Crippen LogP) is 4.58. The minimum Gasteiger partial charge on any atom is -0.461 e. The van der Waals surface area contributed by atoms with Crippen molar-refractivity contribution in [3.05, 3.63) is 52.9 Å². The minimum absolute atomic E-state index is 0.233. The van der Waals surface area contributed by atoms with Crippen LogP contribution in [0.25, 0.3) is 0 Å². The third kappa shape index (κ3) is 5.09. The number of rotatable bonds is 3. The van der Waals surface area contributed by atoms with Crippen molar-refractivity contribution >= 4 is 5.97 Å². The summed E-state index contributed by atoms with van der Waals surface area (Å²) < 4.78 is 4.93. The molecule has 3 heteroatoms. The lowest BCUT2D eigenvalue weighted by Gasteiger charge is -2.32. The van der Waals surface area contributed by atoms with E-state index in [1.54, 1.807) is 6.20 Å². The molecule has 1 aromatic heterocycles. The lowest BCUT2D eigenvalue weighted by atomic mass is 9.73. The topological polar surface area (TPSA) is 39.2 Å². The average Bonchev–Trinajstić information content (AvgIpc) is 2.52. The van der Waals surface area contributed by atoms with Gasteiger partial charge in [0.1, 0.15) is 12.3 Å². The van der Waals surface area contributed by atoms with E-state index in [9.17, 15) is 4.79 Å². The second-order valence-corrected chi connectivity index (χ2v) is 6.87. The maximum atomic E-state index is 10.8. The summed E-state index contributed by atoms with van der Waals surface area (Å²) in [6.07, 6.45) is 9.43. The standard InChI is InChI=1S/C21H25NO2/c1-16-8-7-13-21(3,4)20(16)10-6-5-9-19-12-11-18(14-22-19)15-24-17(2)23/h6,10-12,14H,7-8,13,15H2,1-4H3. The number of carbonyl (C=O) groups is 1. The number of nitrogens with zero attached hydrogens (tertiary/aromatic N) is 1. The van der Waals surface area contributed by atoms with E-state index in [-0.39, 0.29) is 18.0 Å². The van der Waals surface area contributed by atoms with Gasteiger partial charge in [0, 0.05) is 18.7 Å². The van der Waals surface area contributed by atoms with Crippen LogP contribution in [0.3, 0.4) is 0 Å². The Morgan fingerprint density at radius 3 is 2.83 bits per heavy atom. The van der Waals surface area contributed by atoms with E-state index in [2.05, 4.69) is 43.7 Å². The fraction of sp³-hybridized carbons (Fsp3) is 0.429. The Morgan fingerprint density at radius 2 is 2.21 bits per heavy atom. The van der Waals surface area contributed by atoms with Crippen LogP contribution in [-0.2, 0) is 16.1 Å². The summed E-state index contributed by atoms with van der Waals surface area (Å²) in [7, 11) is 0. The van der Waals surface area contributed by atoms with Gasteiger partial charge in [-0.25, -0.2) is 4.98 Å². The van der Waals surface area contributed by atoms with Gasteiger partial charge in [0.15, 0.2) is 0 Å². The van der Waals surface area contributed by atoms with Gasteiger partial charge in [-0.3, -0.25) is 4.79 Å². The summed E-state index contributed by atoms with van der Waals surface area (Å²) in [5.74, 6) is 5.81. The summed E-state index contributed by atoms with van der Waals surface area (Å²) >= 11 is 0. The van der Waals surface area contributed by atoms with Crippen molar-refractivity contribution in [1.29, 1.82) is 0 Å². The van der Waals surface area contributed by atoms with E-state index < -0.39 is 0 Å². The van der Waals surface area contributed by atoms with Crippen molar-refractivity contribution in [1.82, 2.24) is 4.98 Å². The van der Waals surface area contributed by atoms with Crippen molar-refractivity contribution in [3.8, 4) is 11.8 Å². The van der Waals surface area contributed by atoms with Gasteiger partial charge >= 0.3 is 5.97 Å². The number of esters is 1. The third-order valence-electron chi connectivity index (χ3n) is 4.34. The van der Waals surface area contributed by atoms with Crippen LogP contribution in [0.4, 0.5) is 0 Å². The zero-order chi connectivity index (χ0) is 17.6. The summed E-state index contributed by atoms with van der Waals surface area (Å²) in [6.45, 7) is 8.46. The monoisotopic (exact) mass is 323 g/mol. The summed E-state index contributed by atoms with van der Waals surface area (Å²) in [5, 5.41) is 0. The molecule has 0 fully saturated rings. The van der Waals surface area contributed by atoms with Crippen molar-refractivity contribution in [2.24, 2.45) is 5.41 Å². The quantitative estimate of drug-likeness (QED) is 0.604. The van der Waals surface area contributed by atoms with Gasteiger partial charge in [-0.05, 0) is 55.2 Å². The highest BCUT2D eigenvalue weighted by Crippen LogP contribution is 2.40. The first-order valence-corrected chi connectivity index (χ1v) is 8.35. The minimum atomic E-state index is -0.292. The maximum Gasteiger partial charge on any atom is 0.302 e. The van der Waals surface area contributed by atoms with Crippen LogP contribution in [0, 0.1) is 17.3 Å². The second-order valence-electron chi connectivity index (χ2n) is 6.87. The molecule has 1 aliphatic carbocycles. The zero-order valence-electron chi connectivity index (χ0n) is 15.0. The van der Waals surface area contributed by atoms with Crippen molar-refractivity contribution in [2.75, 3.05) is 0 Å². The molecule has 0 unspecified atom stereocenters. The molecule has 0 radical (unpaired) electrons. The molecule has 1 aromatic rings. The van der Waals surface area contributed by atoms with Gasteiger partial charge in [0.05, 0.1) is 0 Å². The number of pyridine rings is 1. The van der Waals surface area contributed by atoms with Crippen LogP contribution in [0.5, 0.6) is 0 Å². The highest BCUT2D eigenvalue weighted by molar-refractivity contribution is 5.65. The Labute approximate surface area is 144 Å². The molecule has 126 valence electrons. The van der Waals surface area contributed by atoms with Crippen LogP contribution in [0.2, 0.25) is 0 Å². The maximum absolute atomic E-state index is 10.8. The normalized spacial score (nSPS) is 16.7. The lowest BCUT2D eigenvalue weighted by molar-refractivity contribution is -0.142. The Hall–Kier alpha value is -2.34. The molecule has 0 bridgehead atoms. The number of carbonyl (C=O) groups excluding carboxylic acids is 1. The summed E-state index contributed by atoms with van der Waals surface area (Å²) in [4.78, 5) is 15.1. The van der Waals surface area contributed by atoms with Crippen LogP contribution in [0.15, 0.2) is 41.6 Å². The van der Waals surface area contributed by atoms with Gasteiger partial charge < -0.3 is 4.74 Å². The molecule has 2 rings (SSSR count). The van der Waals surface area contributed by atoms with Crippen LogP contribution in [0.1, 0.15) is 58.2 Å². The predicted molar refractivity (Wildman–Crippen MR) is 96.1 cm³/mol. The smallest absolute Gasteiger partial charge is 0.302 e. The molecule has 0 amide bonds. The summed E-state index contributed by atoms with van der Waals surface area (Å²) in [5.41, 5.74) is 4.68. The van der Waals surface area contributed by atoms with Gasteiger partial charge in [-0.1, -0.05) is 37.5 Å². The summed E-state index contributed by atoms with van der Waals surface area (Å²) in [6, 6.07) is 3.72. The van der Waals surface area contributed by atoms with Gasteiger partial charge in [-0.2, -0.15) is 0 Å². The van der Waals surface area contributed by atoms with Gasteiger partial charge in [0.2, 0.25) is 0 Å². The number of aromatic nitrogens is 1. The molecular formula is C21H25NO2. The van der Waals surface area contributed by atoms with Crippen molar-refractivity contribution < 1.29 is 9.53 Å². The van der Waals surface area contributed by atoms with Crippen LogP contribution < -0.4 is 0 Å². The third-order valence-corrected chi connectivity index (χ3v) is 4.34. The Morgan fingerprint density at radius 1 is 1.42 bits per heavy atom. The van der Waals surface area contributed by atoms with E-state index in [0.717, 1.165) is 5.56 Å². The number of hydrogen-bond acceptors (Lipinski definition) is 3. The highest BCUT2D eigenvalue weighted by atomic mass is 16.5. The van der Waals surface area contributed by atoms with Crippen molar-refractivity contribution in [2.45, 2.75) is 53.6 Å². The Kier molecular flexibility index (Phi) is 5.98. The SMILES string of the molecule is CC(=O)OCc1ccc(C#CC=CC2=C(C)CCCC2(C)C)nc1. The molecule has 0 saturated carbocycles. The molecule has 0 atom stereocenters. The molecule has 24 heavy (non-hydrogen) atoms. The largest absolute Gasteiger partial charge is 0.461 e. The first-order chi connectivity index (χ1) is 11.4. The molecule has 1 aliphatic rings. The highest BCUT2D eigenvalue weighted by Gasteiger charge is 2.26. The van der Waals surface area contributed by atoms with Crippen LogP contribution >= 0.6 is 0 Å². The lowest BCUT2D eigenvalue weighted by Crippen LogP contribution is -2.18. The first-order valence-electron chi connectivity index (χ1n) is 8.35.